The molecule has 36 heavy (non-hydrogen) atoms. The van der Waals surface area contributed by atoms with Gasteiger partial charge < -0.3 is 19.7 Å². The minimum atomic E-state index is -0.911. The molecule has 1 aromatic carbocycles. The molecule has 194 valence electrons. The lowest BCUT2D eigenvalue weighted by Crippen LogP contribution is -2.35. The molecule has 0 fully saturated rings. The van der Waals surface area contributed by atoms with E-state index in [0.29, 0.717) is 29.3 Å². The summed E-state index contributed by atoms with van der Waals surface area (Å²) < 4.78 is 10.2. The van der Waals surface area contributed by atoms with Gasteiger partial charge in [0.15, 0.2) is 5.82 Å². The molecular weight excluding hydrogens is 527 g/mol. The Morgan fingerprint density at radius 2 is 1.86 bits per heavy atom. The SMILES string of the molecule is COC(=O)C1=C(C)NC(C(SC)c2nnn(CCN(C)C)n2)=C(C(=O)OC)C1c1cccc(Cl)c1Cl. The normalized spacial score (nSPS) is 16.8. The highest BCUT2D eigenvalue weighted by Crippen LogP contribution is 2.47. The third-order valence-corrected chi connectivity index (χ3v) is 7.40. The molecule has 3 rings (SSSR count). The van der Waals surface area contributed by atoms with E-state index in [1.165, 1.54) is 30.8 Å². The summed E-state index contributed by atoms with van der Waals surface area (Å²) in [7, 11) is 6.46. The van der Waals surface area contributed by atoms with Gasteiger partial charge in [0.1, 0.15) is 5.25 Å². The van der Waals surface area contributed by atoms with E-state index in [9.17, 15) is 9.59 Å². The maximum Gasteiger partial charge on any atom is 0.336 e. The van der Waals surface area contributed by atoms with Crippen LogP contribution in [0.25, 0.3) is 0 Å². The first-order chi connectivity index (χ1) is 17.1. The van der Waals surface area contributed by atoms with Gasteiger partial charge in [0.25, 0.3) is 0 Å². The van der Waals surface area contributed by atoms with Crippen molar-refractivity contribution in [1.82, 2.24) is 30.4 Å². The number of tetrazole rings is 1. The number of nitrogens with zero attached hydrogens (tertiary/aromatic N) is 5. The van der Waals surface area contributed by atoms with E-state index in [-0.39, 0.29) is 21.2 Å². The zero-order chi connectivity index (χ0) is 26.6. The van der Waals surface area contributed by atoms with E-state index in [1.54, 1.807) is 25.1 Å². The molecule has 0 saturated heterocycles. The van der Waals surface area contributed by atoms with E-state index < -0.39 is 23.1 Å². The molecule has 0 spiro atoms. The van der Waals surface area contributed by atoms with Gasteiger partial charge in [-0.2, -0.15) is 4.80 Å². The number of nitrogens with one attached hydrogen (secondary N) is 1. The number of allylic oxidation sites excluding steroid dienone is 1. The molecular formula is C23H28Cl2N6O4S. The van der Waals surface area contributed by atoms with Gasteiger partial charge in [-0.25, -0.2) is 9.59 Å². The topological polar surface area (TPSA) is 111 Å². The van der Waals surface area contributed by atoms with Crippen LogP contribution < -0.4 is 5.32 Å². The highest BCUT2D eigenvalue weighted by molar-refractivity contribution is 7.99. The summed E-state index contributed by atoms with van der Waals surface area (Å²) in [4.78, 5) is 29.8. The van der Waals surface area contributed by atoms with Crippen molar-refractivity contribution >= 4 is 46.9 Å². The largest absolute Gasteiger partial charge is 0.466 e. The summed E-state index contributed by atoms with van der Waals surface area (Å²) in [5.41, 5.74) is 1.81. The molecule has 10 nitrogen and oxygen atoms in total. The molecule has 1 N–H and O–H groups in total. The van der Waals surface area contributed by atoms with Crippen molar-refractivity contribution in [3.05, 3.63) is 62.2 Å². The molecule has 0 bridgehead atoms. The van der Waals surface area contributed by atoms with Crippen LogP contribution in [-0.4, -0.2) is 78.2 Å². The van der Waals surface area contributed by atoms with Crippen molar-refractivity contribution in [3.63, 3.8) is 0 Å². The van der Waals surface area contributed by atoms with Crippen LogP contribution in [0.4, 0.5) is 0 Å². The van der Waals surface area contributed by atoms with Gasteiger partial charge in [-0.1, -0.05) is 35.3 Å². The number of carbonyl (C=O) groups excluding carboxylic acids is 2. The minimum absolute atomic E-state index is 0.177. The lowest BCUT2D eigenvalue weighted by molar-refractivity contribution is -0.137. The molecule has 0 aliphatic carbocycles. The number of esters is 2. The standard InChI is InChI=1S/C23H28Cl2N6O4S/c1-12-15(22(32)34-4)16(13-8-7-9-14(24)18(13)25)17(23(33)35-5)19(26-12)20(36-6)21-27-29-31(28-21)11-10-30(2)3/h7-9,16,20,26H,10-11H2,1-6H3. The maximum absolute atomic E-state index is 13.3. The van der Waals surface area contributed by atoms with E-state index in [2.05, 4.69) is 20.7 Å². The highest BCUT2D eigenvalue weighted by atomic mass is 35.5. The summed E-state index contributed by atoms with van der Waals surface area (Å²) in [5.74, 6) is -1.78. The maximum atomic E-state index is 13.3. The molecule has 2 heterocycles. The molecule has 2 atom stereocenters. The third kappa shape index (κ3) is 5.69. The molecule has 2 aromatic rings. The first-order valence-corrected chi connectivity index (χ1v) is 13.0. The lowest BCUT2D eigenvalue weighted by Gasteiger charge is -2.33. The highest BCUT2D eigenvalue weighted by Gasteiger charge is 2.42. The Labute approximate surface area is 224 Å². The van der Waals surface area contributed by atoms with E-state index in [1.807, 2.05) is 25.3 Å². The van der Waals surface area contributed by atoms with Gasteiger partial charge in [-0.05, 0) is 44.1 Å². The fourth-order valence-corrected chi connectivity index (χ4v) is 5.07. The van der Waals surface area contributed by atoms with Gasteiger partial charge in [0.2, 0.25) is 0 Å². The number of thioether (sulfide) groups is 1. The number of methoxy groups -OCH3 is 2. The molecule has 1 aromatic heterocycles. The van der Waals surface area contributed by atoms with Crippen LogP contribution >= 0.6 is 35.0 Å². The molecule has 0 amide bonds. The Morgan fingerprint density at radius 3 is 2.47 bits per heavy atom. The second-order valence-electron chi connectivity index (χ2n) is 8.21. The Hall–Kier alpha value is -2.60. The predicted octanol–water partition coefficient (Wildman–Crippen LogP) is 3.21. The Balaban J connectivity index is 2.24. The number of hydrogen-bond acceptors (Lipinski definition) is 10. The molecule has 0 saturated carbocycles. The predicted molar refractivity (Wildman–Crippen MR) is 139 cm³/mol. The third-order valence-electron chi connectivity index (χ3n) is 5.64. The second kappa shape index (κ2) is 12.1. The molecule has 1 aliphatic heterocycles. The first-order valence-electron chi connectivity index (χ1n) is 10.9. The lowest BCUT2D eigenvalue weighted by atomic mass is 9.79. The Kier molecular flexibility index (Phi) is 9.40. The van der Waals surface area contributed by atoms with Gasteiger partial charge in [0, 0.05) is 17.9 Å². The number of carbonyl (C=O) groups is 2. The van der Waals surface area contributed by atoms with Crippen molar-refractivity contribution in [2.75, 3.05) is 41.1 Å². The van der Waals surface area contributed by atoms with E-state index in [0.717, 1.165) is 6.54 Å². The van der Waals surface area contributed by atoms with Gasteiger partial charge in [0.05, 0.1) is 47.9 Å². The fraction of sp³-hybridized carbons (Fsp3) is 0.435. The van der Waals surface area contributed by atoms with Crippen molar-refractivity contribution in [3.8, 4) is 0 Å². The van der Waals surface area contributed by atoms with Gasteiger partial charge in [-0.15, -0.1) is 22.0 Å². The van der Waals surface area contributed by atoms with Gasteiger partial charge >= 0.3 is 11.9 Å². The summed E-state index contributed by atoms with van der Waals surface area (Å²) in [6.07, 6.45) is 1.87. The van der Waals surface area contributed by atoms with Crippen LogP contribution in [-0.2, 0) is 25.6 Å². The van der Waals surface area contributed by atoms with Crippen molar-refractivity contribution in [2.24, 2.45) is 0 Å². The first kappa shape index (κ1) is 28.0. The summed E-state index contributed by atoms with van der Waals surface area (Å²) in [6.45, 7) is 3.00. The van der Waals surface area contributed by atoms with Crippen LogP contribution in [0.15, 0.2) is 40.7 Å². The van der Waals surface area contributed by atoms with E-state index >= 15 is 0 Å². The van der Waals surface area contributed by atoms with Crippen LogP contribution in [0.1, 0.15) is 29.5 Å². The number of likely N-dealkylation sites (N-methyl/N-ethyl adjacent to an activating group) is 1. The average molecular weight is 555 g/mol. The number of aromatic nitrogens is 4. The molecule has 13 heteroatoms. The summed E-state index contributed by atoms with van der Waals surface area (Å²) >= 11 is 14.3. The molecule has 2 unspecified atom stereocenters. The average Bonchev–Trinajstić information content (AvgIpc) is 3.32. The molecule has 0 radical (unpaired) electrons. The summed E-state index contributed by atoms with van der Waals surface area (Å²) in [6, 6.07) is 5.05. The zero-order valence-corrected chi connectivity index (χ0v) is 23.2. The number of ether oxygens (including phenoxy) is 2. The monoisotopic (exact) mass is 554 g/mol. The Morgan fingerprint density at radius 1 is 1.19 bits per heavy atom. The number of rotatable bonds is 9. The van der Waals surface area contributed by atoms with Crippen molar-refractivity contribution < 1.29 is 19.1 Å². The Bertz CT molecular complexity index is 1210. The van der Waals surface area contributed by atoms with Gasteiger partial charge in [-0.3, -0.25) is 0 Å². The zero-order valence-electron chi connectivity index (χ0n) is 20.8. The summed E-state index contributed by atoms with van der Waals surface area (Å²) in [5, 5.41) is 16.2. The van der Waals surface area contributed by atoms with Crippen LogP contribution in [0.5, 0.6) is 0 Å². The van der Waals surface area contributed by atoms with Crippen LogP contribution in [0.2, 0.25) is 10.0 Å². The number of dihydropyridines is 1. The fourth-order valence-electron chi connectivity index (χ4n) is 3.93. The van der Waals surface area contributed by atoms with Crippen molar-refractivity contribution in [2.45, 2.75) is 24.6 Å². The quantitative estimate of drug-likeness (QED) is 0.463. The number of hydrogen-bond donors (Lipinski definition) is 1. The van der Waals surface area contributed by atoms with Crippen LogP contribution in [0.3, 0.4) is 0 Å². The number of halogens is 2. The molecule has 1 aliphatic rings. The van der Waals surface area contributed by atoms with Crippen molar-refractivity contribution in [1.29, 1.82) is 0 Å². The van der Waals surface area contributed by atoms with Crippen LogP contribution in [0, 0.1) is 0 Å². The second-order valence-corrected chi connectivity index (χ2v) is 9.94. The smallest absolute Gasteiger partial charge is 0.336 e. The minimum Gasteiger partial charge on any atom is -0.466 e. The number of benzene rings is 1. The van der Waals surface area contributed by atoms with E-state index in [4.69, 9.17) is 32.7 Å².